The van der Waals surface area contributed by atoms with Crippen LogP contribution in [0.3, 0.4) is 0 Å². The predicted molar refractivity (Wildman–Crippen MR) is 109 cm³/mol. The van der Waals surface area contributed by atoms with Crippen molar-refractivity contribution in [3.05, 3.63) is 94.2 Å². The topological polar surface area (TPSA) is 47.0 Å². The molecule has 0 radical (unpaired) electrons. The summed E-state index contributed by atoms with van der Waals surface area (Å²) in [5.74, 6) is 0. The van der Waals surface area contributed by atoms with Crippen LogP contribution in [-0.2, 0) is 16.3 Å². The van der Waals surface area contributed by atoms with E-state index in [4.69, 9.17) is 23.2 Å². The van der Waals surface area contributed by atoms with Crippen molar-refractivity contribution in [2.24, 2.45) is 0 Å². The van der Waals surface area contributed by atoms with Gasteiger partial charge in [-0.15, -0.1) is 0 Å². The first-order valence-electron chi connectivity index (χ1n) is 8.35. The molecular formula is C21H15Cl2NO2S. The van der Waals surface area contributed by atoms with Gasteiger partial charge in [-0.2, -0.15) is 0 Å². The fraction of sp³-hybridized carbons (Fsp3) is 0.0952. The van der Waals surface area contributed by atoms with Crippen molar-refractivity contribution in [1.82, 2.24) is 4.98 Å². The third kappa shape index (κ3) is 3.53. The number of halogens is 2. The Morgan fingerprint density at radius 3 is 2.44 bits per heavy atom. The number of rotatable bonds is 3. The van der Waals surface area contributed by atoms with E-state index >= 15 is 0 Å². The van der Waals surface area contributed by atoms with Crippen molar-refractivity contribution in [2.75, 3.05) is 0 Å². The number of nitrogens with zero attached hydrogens (tertiary/aromatic N) is 1. The van der Waals surface area contributed by atoms with E-state index in [2.05, 4.69) is 4.98 Å². The number of aromatic nitrogens is 1. The number of hydrogen-bond acceptors (Lipinski definition) is 3. The summed E-state index contributed by atoms with van der Waals surface area (Å²) in [4.78, 5) is 4.27. The fourth-order valence-electron chi connectivity index (χ4n) is 3.31. The van der Waals surface area contributed by atoms with Gasteiger partial charge < -0.3 is 0 Å². The average Bonchev–Trinajstić information content (AvgIpc) is 2.67. The quantitative estimate of drug-likeness (QED) is 0.516. The molecule has 4 rings (SSSR count). The molecule has 0 saturated carbocycles. The molecule has 27 heavy (non-hydrogen) atoms. The van der Waals surface area contributed by atoms with Crippen LogP contribution in [0.1, 0.15) is 16.4 Å². The molecule has 0 N–H and O–H groups in total. The molecule has 6 heteroatoms. The Kier molecular flexibility index (Phi) is 4.81. The van der Waals surface area contributed by atoms with Crippen molar-refractivity contribution >= 4 is 33.0 Å². The lowest BCUT2D eigenvalue weighted by molar-refractivity contribution is 0.589. The molecule has 0 bridgehead atoms. The van der Waals surface area contributed by atoms with E-state index in [1.54, 1.807) is 18.5 Å². The zero-order valence-electron chi connectivity index (χ0n) is 14.1. The molecule has 3 nitrogen and oxygen atoms in total. The molecule has 1 heterocycles. The fourth-order valence-corrected chi connectivity index (χ4v) is 5.72. The summed E-state index contributed by atoms with van der Waals surface area (Å²) in [5, 5.41) is -0.167. The summed E-state index contributed by atoms with van der Waals surface area (Å²) in [6.07, 6.45) is 7.83. The largest absolute Gasteiger partial charge is 0.264 e. The van der Waals surface area contributed by atoms with Gasteiger partial charge in [0.25, 0.3) is 0 Å². The van der Waals surface area contributed by atoms with Crippen LogP contribution in [0.2, 0.25) is 10.0 Å². The average molecular weight is 416 g/mol. The van der Waals surface area contributed by atoms with Crippen LogP contribution in [-0.4, -0.2) is 13.4 Å². The third-order valence-corrected chi connectivity index (χ3v) is 7.00. The van der Waals surface area contributed by atoms with Crippen LogP contribution in [0, 0.1) is 0 Å². The number of pyridine rings is 1. The highest BCUT2D eigenvalue weighted by atomic mass is 35.5. The minimum atomic E-state index is -3.67. The highest BCUT2D eigenvalue weighted by Crippen LogP contribution is 2.38. The van der Waals surface area contributed by atoms with Gasteiger partial charge in [0, 0.05) is 22.4 Å². The molecule has 1 aliphatic rings. The number of allylic oxidation sites excluding steroid dienone is 1. The molecule has 0 amide bonds. The van der Waals surface area contributed by atoms with E-state index < -0.39 is 15.1 Å². The Hall–Kier alpha value is -2.14. The van der Waals surface area contributed by atoms with Crippen molar-refractivity contribution in [3.8, 4) is 11.1 Å². The van der Waals surface area contributed by atoms with Gasteiger partial charge in [0.1, 0.15) is 5.25 Å². The van der Waals surface area contributed by atoms with Crippen LogP contribution in [0.5, 0.6) is 0 Å². The number of benzene rings is 2. The van der Waals surface area contributed by atoms with Crippen molar-refractivity contribution in [2.45, 2.75) is 16.6 Å². The van der Waals surface area contributed by atoms with Gasteiger partial charge in [0.15, 0.2) is 9.84 Å². The van der Waals surface area contributed by atoms with Gasteiger partial charge in [-0.3, -0.25) is 4.98 Å². The van der Waals surface area contributed by atoms with E-state index in [-0.39, 0.29) is 4.90 Å². The molecule has 1 unspecified atom stereocenters. The van der Waals surface area contributed by atoms with Gasteiger partial charge in [0.2, 0.25) is 0 Å². The Morgan fingerprint density at radius 2 is 1.74 bits per heavy atom. The Labute approximate surface area is 168 Å². The molecule has 136 valence electrons. The van der Waals surface area contributed by atoms with Crippen LogP contribution in [0.4, 0.5) is 0 Å². The molecule has 0 aliphatic heterocycles. The van der Waals surface area contributed by atoms with Gasteiger partial charge in [-0.05, 0) is 52.9 Å². The minimum Gasteiger partial charge on any atom is -0.264 e. The van der Waals surface area contributed by atoms with Crippen LogP contribution < -0.4 is 0 Å². The van der Waals surface area contributed by atoms with Crippen LogP contribution in [0.25, 0.3) is 11.1 Å². The van der Waals surface area contributed by atoms with E-state index in [0.717, 1.165) is 22.3 Å². The standard InChI is InChI=1S/C21H15Cl2NO2S/c22-17-10-18(23)12-19(11-17)27(25,26)21-5-1-3-15-9-14(6-7-20(15)21)16-4-2-8-24-13-16/h1-2,4-13,21H,3H2. The Morgan fingerprint density at radius 1 is 0.963 bits per heavy atom. The summed E-state index contributed by atoms with van der Waals surface area (Å²) >= 11 is 12.0. The summed E-state index contributed by atoms with van der Waals surface area (Å²) in [7, 11) is -3.67. The Balaban J connectivity index is 1.78. The molecule has 0 saturated heterocycles. The second-order valence-corrected chi connectivity index (χ2v) is 9.30. The van der Waals surface area contributed by atoms with E-state index in [1.807, 2.05) is 36.4 Å². The highest BCUT2D eigenvalue weighted by Gasteiger charge is 2.31. The molecule has 1 atom stereocenters. The maximum Gasteiger partial charge on any atom is 0.189 e. The van der Waals surface area contributed by atoms with Gasteiger partial charge in [0.05, 0.1) is 4.90 Å². The number of fused-ring (bicyclic) bond motifs is 1. The minimum absolute atomic E-state index is 0.124. The zero-order valence-corrected chi connectivity index (χ0v) is 16.5. The normalized spacial score (nSPS) is 16.1. The number of hydrogen-bond donors (Lipinski definition) is 0. The molecule has 3 aromatic rings. The van der Waals surface area contributed by atoms with Crippen LogP contribution >= 0.6 is 23.2 Å². The molecular weight excluding hydrogens is 401 g/mol. The molecule has 0 fully saturated rings. The zero-order chi connectivity index (χ0) is 19.0. The predicted octanol–water partition coefficient (Wildman–Crippen LogP) is 5.68. The van der Waals surface area contributed by atoms with Crippen molar-refractivity contribution in [3.63, 3.8) is 0 Å². The maximum atomic E-state index is 13.2. The lowest BCUT2D eigenvalue weighted by Crippen LogP contribution is -2.16. The lowest BCUT2D eigenvalue weighted by Gasteiger charge is -2.22. The molecule has 0 spiro atoms. The van der Waals surface area contributed by atoms with E-state index in [0.29, 0.717) is 16.5 Å². The van der Waals surface area contributed by atoms with E-state index in [1.165, 1.54) is 18.2 Å². The lowest BCUT2D eigenvalue weighted by atomic mass is 9.93. The Bertz CT molecular complexity index is 1120. The van der Waals surface area contributed by atoms with Crippen LogP contribution in [0.15, 0.2) is 78.0 Å². The van der Waals surface area contributed by atoms with Crippen molar-refractivity contribution in [1.29, 1.82) is 0 Å². The summed E-state index contributed by atoms with van der Waals surface area (Å²) in [5.41, 5.74) is 3.77. The van der Waals surface area contributed by atoms with Crippen molar-refractivity contribution < 1.29 is 8.42 Å². The summed E-state index contributed by atoms with van der Waals surface area (Å²) in [6, 6.07) is 14.1. The molecule has 2 aromatic carbocycles. The highest BCUT2D eigenvalue weighted by molar-refractivity contribution is 7.91. The maximum absolute atomic E-state index is 13.2. The second kappa shape index (κ2) is 7.12. The molecule has 1 aromatic heterocycles. The second-order valence-electron chi connectivity index (χ2n) is 6.36. The first-order chi connectivity index (χ1) is 12.9. The molecule has 1 aliphatic carbocycles. The SMILES string of the molecule is O=S(=O)(c1cc(Cl)cc(Cl)c1)C1C=CCc2cc(-c3cccnc3)ccc21. The van der Waals surface area contributed by atoms with E-state index in [9.17, 15) is 8.42 Å². The third-order valence-electron chi connectivity index (χ3n) is 4.59. The smallest absolute Gasteiger partial charge is 0.189 e. The summed E-state index contributed by atoms with van der Waals surface area (Å²) in [6.45, 7) is 0. The summed E-state index contributed by atoms with van der Waals surface area (Å²) < 4.78 is 26.5. The monoisotopic (exact) mass is 415 g/mol. The first kappa shape index (κ1) is 18.2. The van der Waals surface area contributed by atoms with Gasteiger partial charge in [-0.1, -0.05) is 59.6 Å². The first-order valence-corrected chi connectivity index (χ1v) is 10.7. The number of sulfone groups is 1. The van der Waals surface area contributed by atoms with Gasteiger partial charge >= 0.3 is 0 Å². The van der Waals surface area contributed by atoms with Gasteiger partial charge in [-0.25, -0.2) is 8.42 Å².